The van der Waals surface area contributed by atoms with Crippen molar-refractivity contribution >= 4 is 21.4 Å². The first kappa shape index (κ1) is 13.3. The largest absolute Gasteiger partial charge is 0.495 e. The first-order valence-electron chi connectivity index (χ1n) is 4.76. The number of ether oxygens (including phenoxy) is 1. The average molecular weight is 264 g/mol. The third-order valence-electron chi connectivity index (χ3n) is 2.29. The van der Waals surface area contributed by atoms with E-state index in [1.165, 1.54) is 19.2 Å². The molecule has 0 fully saturated rings. The summed E-state index contributed by atoms with van der Waals surface area (Å²) in [6.45, 7) is 1.65. The highest BCUT2D eigenvalue weighted by Crippen LogP contribution is 2.33. The van der Waals surface area contributed by atoms with Gasteiger partial charge in [0.25, 0.3) is 0 Å². The Hall–Kier alpha value is -0.780. The van der Waals surface area contributed by atoms with Gasteiger partial charge in [-0.1, -0.05) is 18.5 Å². The topological polar surface area (TPSA) is 69.4 Å². The second-order valence-corrected chi connectivity index (χ2v) is 5.82. The minimum Gasteiger partial charge on any atom is -0.495 e. The van der Waals surface area contributed by atoms with Crippen LogP contribution in [0.25, 0.3) is 0 Å². The molecule has 0 aliphatic rings. The van der Waals surface area contributed by atoms with Crippen LogP contribution < -0.4 is 10.5 Å². The Labute approximate surface area is 100 Å². The number of halogens is 1. The molecule has 0 aliphatic heterocycles. The van der Waals surface area contributed by atoms with E-state index in [1.54, 1.807) is 6.92 Å². The van der Waals surface area contributed by atoms with Gasteiger partial charge in [0.1, 0.15) is 5.75 Å². The summed E-state index contributed by atoms with van der Waals surface area (Å²) in [5, 5.41) is 0.359. The second kappa shape index (κ2) is 5.03. The molecule has 1 aromatic rings. The highest BCUT2D eigenvalue weighted by molar-refractivity contribution is 7.91. The smallest absolute Gasteiger partial charge is 0.178 e. The van der Waals surface area contributed by atoms with Crippen LogP contribution in [0.15, 0.2) is 17.0 Å². The summed E-state index contributed by atoms with van der Waals surface area (Å²) < 4.78 is 28.7. The molecule has 4 nitrogen and oxygen atoms in total. The van der Waals surface area contributed by atoms with Crippen LogP contribution in [0.3, 0.4) is 0 Å². The van der Waals surface area contributed by atoms with Crippen LogP contribution in [0.4, 0.5) is 0 Å². The first-order valence-corrected chi connectivity index (χ1v) is 6.79. The molecule has 0 bridgehead atoms. The highest BCUT2D eigenvalue weighted by Gasteiger charge is 2.20. The molecule has 0 saturated carbocycles. The summed E-state index contributed by atoms with van der Waals surface area (Å²) in [4.78, 5) is 0.193. The molecule has 0 aromatic heterocycles. The first-order chi connectivity index (χ1) is 7.47. The summed E-state index contributed by atoms with van der Waals surface area (Å²) in [6, 6.07) is 2.97. The van der Waals surface area contributed by atoms with E-state index >= 15 is 0 Å². The molecule has 6 heteroatoms. The molecular formula is C10H14ClNO3S. The predicted octanol–water partition coefficient (Wildman–Crippen LogP) is 1.60. The SMILES string of the molecule is CCS(=O)(=O)c1ccc(Cl)c(OC)c1CN. The van der Waals surface area contributed by atoms with E-state index in [2.05, 4.69) is 0 Å². The van der Waals surface area contributed by atoms with Gasteiger partial charge in [-0.2, -0.15) is 0 Å². The van der Waals surface area contributed by atoms with Crippen molar-refractivity contribution in [1.29, 1.82) is 0 Å². The fourth-order valence-electron chi connectivity index (χ4n) is 1.44. The van der Waals surface area contributed by atoms with Crippen LogP contribution in [0, 0.1) is 0 Å². The minimum absolute atomic E-state index is 0.0186. The van der Waals surface area contributed by atoms with Gasteiger partial charge in [0.05, 0.1) is 22.8 Å². The lowest BCUT2D eigenvalue weighted by Crippen LogP contribution is -2.11. The zero-order valence-electron chi connectivity index (χ0n) is 9.16. The Morgan fingerprint density at radius 2 is 2.06 bits per heavy atom. The fourth-order valence-corrected chi connectivity index (χ4v) is 2.83. The molecule has 0 atom stereocenters. The Kier molecular flexibility index (Phi) is 4.18. The maximum atomic E-state index is 11.8. The van der Waals surface area contributed by atoms with Gasteiger partial charge in [0.15, 0.2) is 9.84 Å². The molecule has 1 aromatic carbocycles. The number of nitrogens with two attached hydrogens (primary N) is 1. The van der Waals surface area contributed by atoms with E-state index < -0.39 is 9.84 Å². The van der Waals surface area contributed by atoms with Crippen LogP contribution in [0.2, 0.25) is 5.02 Å². The summed E-state index contributed by atoms with van der Waals surface area (Å²) in [6.07, 6.45) is 0. The van der Waals surface area contributed by atoms with E-state index in [-0.39, 0.29) is 17.2 Å². The van der Waals surface area contributed by atoms with E-state index in [9.17, 15) is 8.42 Å². The fraction of sp³-hybridized carbons (Fsp3) is 0.400. The number of methoxy groups -OCH3 is 1. The van der Waals surface area contributed by atoms with Gasteiger partial charge >= 0.3 is 0 Å². The van der Waals surface area contributed by atoms with Crippen molar-refractivity contribution < 1.29 is 13.2 Å². The monoisotopic (exact) mass is 263 g/mol. The van der Waals surface area contributed by atoms with Gasteiger partial charge < -0.3 is 10.5 Å². The lowest BCUT2D eigenvalue weighted by atomic mass is 10.2. The average Bonchev–Trinajstić information content (AvgIpc) is 2.28. The van der Waals surface area contributed by atoms with E-state index in [1.807, 2.05) is 0 Å². The molecule has 1 rings (SSSR count). The predicted molar refractivity (Wildman–Crippen MR) is 63.6 cm³/mol. The normalized spacial score (nSPS) is 11.5. The molecule has 2 N–H and O–H groups in total. The number of benzene rings is 1. The van der Waals surface area contributed by atoms with E-state index in [4.69, 9.17) is 22.1 Å². The van der Waals surface area contributed by atoms with Crippen LogP contribution in [-0.4, -0.2) is 21.3 Å². The zero-order chi connectivity index (χ0) is 12.3. The number of rotatable bonds is 4. The van der Waals surface area contributed by atoms with Crippen molar-refractivity contribution in [2.75, 3.05) is 12.9 Å². The summed E-state index contributed by atoms with van der Waals surface area (Å²) in [7, 11) is -1.88. The minimum atomic E-state index is -3.31. The Bertz CT molecular complexity index is 485. The lowest BCUT2D eigenvalue weighted by molar-refractivity contribution is 0.408. The molecule has 0 saturated heterocycles. The quantitative estimate of drug-likeness (QED) is 0.896. The lowest BCUT2D eigenvalue weighted by Gasteiger charge is -2.13. The maximum Gasteiger partial charge on any atom is 0.178 e. The molecule has 0 heterocycles. The highest BCUT2D eigenvalue weighted by atomic mass is 35.5. The van der Waals surface area contributed by atoms with Gasteiger partial charge in [-0.3, -0.25) is 0 Å². The molecule has 0 radical (unpaired) electrons. The van der Waals surface area contributed by atoms with Gasteiger partial charge in [0, 0.05) is 12.1 Å². The van der Waals surface area contributed by atoms with Crippen molar-refractivity contribution in [2.45, 2.75) is 18.4 Å². The molecule has 0 spiro atoms. The van der Waals surface area contributed by atoms with E-state index in [0.29, 0.717) is 16.3 Å². The van der Waals surface area contributed by atoms with Crippen LogP contribution >= 0.6 is 11.6 Å². The summed E-state index contributed by atoms with van der Waals surface area (Å²) in [5.74, 6) is 0.351. The van der Waals surface area contributed by atoms with Crippen LogP contribution in [0.5, 0.6) is 5.75 Å². The number of hydrogen-bond acceptors (Lipinski definition) is 4. The molecule has 0 amide bonds. The van der Waals surface area contributed by atoms with E-state index in [0.717, 1.165) is 0 Å². The molecule has 0 unspecified atom stereocenters. The van der Waals surface area contributed by atoms with Crippen molar-refractivity contribution in [3.63, 3.8) is 0 Å². The third-order valence-corrected chi connectivity index (χ3v) is 4.40. The van der Waals surface area contributed by atoms with Crippen LogP contribution in [0.1, 0.15) is 12.5 Å². The van der Waals surface area contributed by atoms with Crippen molar-refractivity contribution in [1.82, 2.24) is 0 Å². The van der Waals surface area contributed by atoms with Crippen molar-refractivity contribution in [3.8, 4) is 5.75 Å². The number of hydrogen-bond donors (Lipinski definition) is 1. The number of sulfone groups is 1. The van der Waals surface area contributed by atoms with Gasteiger partial charge in [-0.25, -0.2) is 8.42 Å². The van der Waals surface area contributed by atoms with Crippen molar-refractivity contribution in [2.24, 2.45) is 5.73 Å². The maximum absolute atomic E-state index is 11.8. The summed E-state index contributed by atoms with van der Waals surface area (Å²) >= 11 is 5.90. The van der Waals surface area contributed by atoms with Gasteiger partial charge in [0.2, 0.25) is 0 Å². The molecule has 16 heavy (non-hydrogen) atoms. The van der Waals surface area contributed by atoms with Gasteiger partial charge in [-0.05, 0) is 12.1 Å². The standard InChI is InChI=1S/C10H14ClNO3S/c1-3-16(13,14)9-5-4-8(11)10(15-2)7(9)6-12/h4-5H,3,6,12H2,1-2H3. The Balaban J connectivity index is 3.54. The molecule has 0 aliphatic carbocycles. The molecule has 90 valence electrons. The summed E-state index contributed by atoms with van der Waals surface area (Å²) in [5.41, 5.74) is 5.97. The molecular weight excluding hydrogens is 250 g/mol. The third kappa shape index (κ3) is 2.31. The van der Waals surface area contributed by atoms with Crippen molar-refractivity contribution in [3.05, 3.63) is 22.7 Å². The van der Waals surface area contributed by atoms with Gasteiger partial charge in [-0.15, -0.1) is 0 Å². The zero-order valence-corrected chi connectivity index (χ0v) is 10.7. The Morgan fingerprint density at radius 1 is 1.44 bits per heavy atom. The second-order valence-electron chi connectivity index (χ2n) is 3.16. The van der Waals surface area contributed by atoms with Crippen LogP contribution in [-0.2, 0) is 16.4 Å². The Morgan fingerprint density at radius 3 is 2.50 bits per heavy atom.